The molecule has 0 atom stereocenters. The number of aromatic nitrogens is 2. The van der Waals surface area contributed by atoms with Crippen LogP contribution in [0.3, 0.4) is 0 Å². The highest BCUT2D eigenvalue weighted by Gasteiger charge is 2.23. The number of nitrogens with zero attached hydrogens (tertiary/aromatic N) is 3. The van der Waals surface area contributed by atoms with Gasteiger partial charge in [-0.3, -0.25) is 0 Å². The predicted octanol–water partition coefficient (Wildman–Crippen LogP) is 5.17. The van der Waals surface area contributed by atoms with Gasteiger partial charge in [-0.05, 0) is 77.1 Å². The molecule has 0 amide bonds. The van der Waals surface area contributed by atoms with Crippen LogP contribution in [0.5, 0.6) is 0 Å². The van der Waals surface area contributed by atoms with Crippen LogP contribution in [0.2, 0.25) is 0 Å². The second-order valence-corrected chi connectivity index (χ2v) is 8.46. The molecule has 0 radical (unpaired) electrons. The number of unbranched alkanes of at least 4 members (excludes halogenated alkanes) is 4. The summed E-state index contributed by atoms with van der Waals surface area (Å²) in [4.78, 5) is 12.1. The van der Waals surface area contributed by atoms with E-state index in [0.29, 0.717) is 5.82 Å². The summed E-state index contributed by atoms with van der Waals surface area (Å²) >= 11 is 0. The summed E-state index contributed by atoms with van der Waals surface area (Å²) in [5.74, 6) is 1.64. The molecule has 0 spiro atoms. The minimum absolute atomic E-state index is 0.710. The molecule has 0 bridgehead atoms. The maximum absolute atomic E-state index is 6.25. The lowest BCUT2D eigenvalue weighted by molar-refractivity contribution is 0.224. The molecule has 2 heterocycles. The summed E-state index contributed by atoms with van der Waals surface area (Å²) in [5, 5.41) is 0. The Morgan fingerprint density at radius 3 is 2.48 bits per heavy atom. The first kappa shape index (κ1) is 20.3. The van der Waals surface area contributed by atoms with E-state index < -0.39 is 0 Å². The van der Waals surface area contributed by atoms with Gasteiger partial charge in [0.15, 0.2) is 0 Å². The summed E-state index contributed by atoms with van der Waals surface area (Å²) in [6.45, 7) is 8.40. The zero-order valence-corrected chi connectivity index (χ0v) is 17.5. The summed E-state index contributed by atoms with van der Waals surface area (Å²) in [6.07, 6.45) is 14.9. The molecule has 2 N–H and O–H groups in total. The highest BCUT2D eigenvalue weighted by atomic mass is 15.1. The van der Waals surface area contributed by atoms with Gasteiger partial charge in [0.2, 0.25) is 0 Å². The first-order valence-corrected chi connectivity index (χ1v) is 11.3. The topological polar surface area (TPSA) is 55.0 Å². The largest absolute Gasteiger partial charge is 0.383 e. The zero-order valence-electron chi connectivity index (χ0n) is 17.5. The molecule has 1 aliphatic heterocycles. The molecule has 0 unspecified atom stereocenters. The third kappa shape index (κ3) is 5.54. The number of aryl methyl sites for hydroxylation is 1. The number of allylic oxidation sites excluding steroid dienone is 2. The standard InChI is InChI=1S/C23H38N4/c1-3-4-13-21-25-22-19(18(2)17-20(22)23(24)26-21)12-8-5-6-9-14-27-15-10-7-11-16-27/h3-17H2,1-2H3,(H2,24,25,26). The second-order valence-electron chi connectivity index (χ2n) is 8.46. The lowest BCUT2D eigenvalue weighted by atomic mass is 10.0. The minimum Gasteiger partial charge on any atom is -0.383 e. The van der Waals surface area contributed by atoms with Gasteiger partial charge in [-0.2, -0.15) is 0 Å². The van der Waals surface area contributed by atoms with Crippen molar-refractivity contribution in [3.05, 3.63) is 22.7 Å². The number of rotatable bonds is 10. The molecule has 27 heavy (non-hydrogen) atoms. The van der Waals surface area contributed by atoms with Crippen LogP contribution in [-0.2, 0) is 12.8 Å². The molecule has 4 nitrogen and oxygen atoms in total. The summed E-state index contributed by atoms with van der Waals surface area (Å²) < 4.78 is 0. The zero-order chi connectivity index (χ0) is 19.1. The number of nitrogens with two attached hydrogens (primary N) is 1. The predicted molar refractivity (Wildman–Crippen MR) is 115 cm³/mol. The molecule has 4 heteroatoms. The molecule has 1 aromatic rings. The molecule has 3 rings (SSSR count). The Kier molecular flexibility index (Phi) is 7.69. The Balaban J connectivity index is 1.46. The second kappa shape index (κ2) is 10.2. The number of likely N-dealkylation sites (tertiary alicyclic amines) is 1. The first-order valence-electron chi connectivity index (χ1n) is 11.3. The van der Waals surface area contributed by atoms with Crippen LogP contribution in [0.4, 0.5) is 5.82 Å². The van der Waals surface area contributed by atoms with E-state index in [1.807, 2.05) is 0 Å². The van der Waals surface area contributed by atoms with Crippen molar-refractivity contribution in [1.82, 2.24) is 14.9 Å². The molecular weight excluding hydrogens is 332 g/mol. The van der Waals surface area contributed by atoms with E-state index in [9.17, 15) is 0 Å². The van der Waals surface area contributed by atoms with Crippen molar-refractivity contribution in [2.75, 3.05) is 25.4 Å². The van der Waals surface area contributed by atoms with E-state index >= 15 is 0 Å². The Morgan fingerprint density at radius 1 is 0.926 bits per heavy atom. The average molecular weight is 371 g/mol. The van der Waals surface area contributed by atoms with Gasteiger partial charge < -0.3 is 10.6 Å². The van der Waals surface area contributed by atoms with Crippen LogP contribution in [0.15, 0.2) is 5.57 Å². The maximum Gasteiger partial charge on any atom is 0.131 e. The Labute approximate surface area is 165 Å². The number of fused-ring (bicyclic) bond motifs is 1. The lowest BCUT2D eigenvalue weighted by Gasteiger charge is -2.26. The van der Waals surface area contributed by atoms with Crippen molar-refractivity contribution in [2.45, 2.75) is 90.9 Å². The highest BCUT2D eigenvalue weighted by Crippen LogP contribution is 2.37. The number of piperidine rings is 1. The van der Waals surface area contributed by atoms with Gasteiger partial charge in [0.05, 0.1) is 5.69 Å². The molecule has 0 saturated carbocycles. The van der Waals surface area contributed by atoms with Crippen molar-refractivity contribution < 1.29 is 0 Å². The number of hydrogen-bond donors (Lipinski definition) is 1. The van der Waals surface area contributed by atoms with Gasteiger partial charge in [0.25, 0.3) is 0 Å². The minimum atomic E-state index is 0.710. The fourth-order valence-electron chi connectivity index (χ4n) is 4.50. The maximum atomic E-state index is 6.25. The van der Waals surface area contributed by atoms with Crippen LogP contribution in [0, 0.1) is 0 Å². The van der Waals surface area contributed by atoms with E-state index in [1.165, 1.54) is 93.4 Å². The molecular formula is C23H38N4. The first-order chi connectivity index (χ1) is 13.2. The molecule has 1 aromatic heterocycles. The quantitative estimate of drug-likeness (QED) is 0.577. The highest BCUT2D eigenvalue weighted by molar-refractivity contribution is 5.76. The Morgan fingerprint density at radius 2 is 1.70 bits per heavy atom. The van der Waals surface area contributed by atoms with Gasteiger partial charge in [-0.15, -0.1) is 0 Å². The fourth-order valence-corrected chi connectivity index (χ4v) is 4.50. The average Bonchev–Trinajstić information content (AvgIpc) is 3.00. The van der Waals surface area contributed by atoms with Gasteiger partial charge in [-0.1, -0.05) is 38.2 Å². The molecule has 0 aromatic carbocycles. The Bertz CT molecular complexity index is 644. The van der Waals surface area contributed by atoms with E-state index in [0.717, 1.165) is 31.5 Å². The van der Waals surface area contributed by atoms with Crippen molar-refractivity contribution in [1.29, 1.82) is 0 Å². The van der Waals surface area contributed by atoms with Gasteiger partial charge in [-0.25, -0.2) is 9.97 Å². The van der Waals surface area contributed by atoms with Crippen molar-refractivity contribution >= 4 is 11.4 Å². The van der Waals surface area contributed by atoms with Crippen molar-refractivity contribution in [3.8, 4) is 0 Å². The lowest BCUT2D eigenvalue weighted by Crippen LogP contribution is -2.30. The van der Waals surface area contributed by atoms with Crippen molar-refractivity contribution in [2.24, 2.45) is 0 Å². The normalized spacial score (nSPS) is 17.6. The van der Waals surface area contributed by atoms with Crippen LogP contribution >= 0.6 is 0 Å². The monoisotopic (exact) mass is 370 g/mol. The SMILES string of the molecule is CCCCc1nc(N)c2c(n1)C(CCCCCCN1CCCCC1)=C(C)C2. The summed E-state index contributed by atoms with van der Waals surface area (Å²) in [5.41, 5.74) is 11.5. The molecule has 1 aliphatic carbocycles. The third-order valence-corrected chi connectivity index (χ3v) is 6.18. The smallest absolute Gasteiger partial charge is 0.131 e. The molecule has 1 fully saturated rings. The van der Waals surface area contributed by atoms with Crippen molar-refractivity contribution in [3.63, 3.8) is 0 Å². The third-order valence-electron chi connectivity index (χ3n) is 6.18. The van der Waals surface area contributed by atoms with Crippen LogP contribution < -0.4 is 5.73 Å². The van der Waals surface area contributed by atoms with E-state index in [1.54, 1.807) is 0 Å². The molecule has 2 aliphatic rings. The number of anilines is 1. The summed E-state index contributed by atoms with van der Waals surface area (Å²) in [6, 6.07) is 0. The molecule has 150 valence electrons. The Hall–Kier alpha value is -1.42. The van der Waals surface area contributed by atoms with Crippen LogP contribution in [-0.4, -0.2) is 34.5 Å². The number of hydrogen-bond acceptors (Lipinski definition) is 4. The summed E-state index contributed by atoms with van der Waals surface area (Å²) in [7, 11) is 0. The van der Waals surface area contributed by atoms with Gasteiger partial charge in [0.1, 0.15) is 11.6 Å². The van der Waals surface area contributed by atoms with E-state index in [-0.39, 0.29) is 0 Å². The molecule has 1 saturated heterocycles. The van der Waals surface area contributed by atoms with E-state index in [2.05, 4.69) is 23.7 Å². The van der Waals surface area contributed by atoms with E-state index in [4.69, 9.17) is 10.7 Å². The number of nitrogen functional groups attached to an aromatic ring is 1. The van der Waals surface area contributed by atoms with Gasteiger partial charge in [0, 0.05) is 12.0 Å². The van der Waals surface area contributed by atoms with Crippen LogP contribution in [0.25, 0.3) is 5.57 Å². The van der Waals surface area contributed by atoms with Gasteiger partial charge >= 0.3 is 0 Å². The fraction of sp³-hybridized carbons (Fsp3) is 0.739. The van der Waals surface area contributed by atoms with Crippen LogP contribution in [0.1, 0.15) is 95.1 Å².